The molecule has 6 heteroatoms. The van der Waals surface area contributed by atoms with Gasteiger partial charge in [-0.25, -0.2) is 4.39 Å². The summed E-state index contributed by atoms with van der Waals surface area (Å²) in [7, 11) is 1.62. The molecular formula is C18H16ClFN2O2. The van der Waals surface area contributed by atoms with Crippen LogP contribution in [0.25, 0.3) is 0 Å². The second-order valence-corrected chi connectivity index (χ2v) is 6.14. The van der Waals surface area contributed by atoms with Crippen LogP contribution in [0.15, 0.2) is 42.5 Å². The summed E-state index contributed by atoms with van der Waals surface area (Å²) in [5, 5.41) is 3.03. The lowest BCUT2D eigenvalue weighted by atomic mass is 9.92. The highest BCUT2D eigenvalue weighted by Crippen LogP contribution is 2.29. The van der Waals surface area contributed by atoms with Gasteiger partial charge in [-0.1, -0.05) is 41.9 Å². The van der Waals surface area contributed by atoms with E-state index in [1.807, 2.05) is 24.3 Å². The van der Waals surface area contributed by atoms with E-state index in [-0.39, 0.29) is 23.4 Å². The number of carbonyl (C=O) groups is 2. The molecule has 1 N–H and O–H groups in total. The number of amides is 2. The molecule has 0 saturated carbocycles. The molecule has 0 saturated heterocycles. The van der Waals surface area contributed by atoms with Gasteiger partial charge in [-0.2, -0.15) is 0 Å². The molecule has 1 heterocycles. The highest BCUT2D eigenvalue weighted by atomic mass is 35.5. The Hall–Kier alpha value is -2.40. The van der Waals surface area contributed by atoms with Crippen LogP contribution in [0, 0.1) is 5.82 Å². The summed E-state index contributed by atoms with van der Waals surface area (Å²) in [6.45, 7) is 0.165. The lowest BCUT2D eigenvalue weighted by Crippen LogP contribution is -2.45. The fourth-order valence-electron chi connectivity index (χ4n) is 2.86. The highest BCUT2D eigenvalue weighted by Gasteiger charge is 2.34. The normalized spacial score (nSPS) is 16.7. The zero-order valence-corrected chi connectivity index (χ0v) is 13.8. The van der Waals surface area contributed by atoms with E-state index in [1.54, 1.807) is 7.05 Å². The number of fused-ring (bicyclic) bond motifs is 1. The molecule has 0 unspecified atom stereocenters. The van der Waals surface area contributed by atoms with Crippen molar-refractivity contribution >= 4 is 23.4 Å². The summed E-state index contributed by atoms with van der Waals surface area (Å²) in [6, 6.07) is 10.8. The van der Waals surface area contributed by atoms with Crippen molar-refractivity contribution < 1.29 is 14.0 Å². The number of hydrogen-bond donors (Lipinski definition) is 1. The minimum Gasteiger partial charge on any atom is -0.350 e. The molecule has 24 heavy (non-hydrogen) atoms. The van der Waals surface area contributed by atoms with Crippen LogP contribution in [0.5, 0.6) is 0 Å². The van der Waals surface area contributed by atoms with Gasteiger partial charge in [0.05, 0.1) is 6.42 Å². The first-order valence-corrected chi connectivity index (χ1v) is 7.90. The van der Waals surface area contributed by atoms with Gasteiger partial charge >= 0.3 is 0 Å². The fraction of sp³-hybridized carbons (Fsp3) is 0.222. The smallest absolute Gasteiger partial charge is 0.247 e. The van der Waals surface area contributed by atoms with Gasteiger partial charge in [0.25, 0.3) is 0 Å². The third-order valence-corrected chi connectivity index (χ3v) is 4.54. The third-order valence-electron chi connectivity index (χ3n) is 4.19. The molecule has 0 fully saturated rings. The number of likely N-dealkylation sites (N-methyl/N-ethyl adjacent to an activating group) is 1. The summed E-state index contributed by atoms with van der Waals surface area (Å²) >= 11 is 5.98. The number of benzene rings is 2. The van der Waals surface area contributed by atoms with E-state index in [2.05, 4.69) is 5.32 Å². The quantitative estimate of drug-likeness (QED) is 0.929. The van der Waals surface area contributed by atoms with Crippen LogP contribution >= 0.6 is 11.6 Å². The Balaban J connectivity index is 1.80. The molecule has 124 valence electrons. The van der Waals surface area contributed by atoms with Crippen molar-refractivity contribution in [2.75, 3.05) is 7.05 Å². The van der Waals surface area contributed by atoms with E-state index < -0.39 is 11.9 Å². The van der Waals surface area contributed by atoms with Gasteiger partial charge < -0.3 is 10.2 Å². The van der Waals surface area contributed by atoms with Crippen molar-refractivity contribution in [3.8, 4) is 0 Å². The van der Waals surface area contributed by atoms with Gasteiger partial charge in [-0.15, -0.1) is 0 Å². The molecule has 1 aliphatic rings. The predicted molar refractivity (Wildman–Crippen MR) is 88.9 cm³/mol. The summed E-state index contributed by atoms with van der Waals surface area (Å²) in [6.07, 6.45) is 0.292. The fourth-order valence-corrected chi connectivity index (χ4v) is 3.10. The minimum atomic E-state index is -0.679. The molecule has 2 aromatic carbocycles. The van der Waals surface area contributed by atoms with E-state index in [9.17, 15) is 14.0 Å². The Morgan fingerprint density at radius 1 is 1.33 bits per heavy atom. The monoisotopic (exact) mass is 346 g/mol. The summed E-state index contributed by atoms with van der Waals surface area (Å²) in [5.74, 6) is -0.825. The Bertz CT molecular complexity index is 809. The molecule has 0 bridgehead atoms. The molecule has 4 nitrogen and oxygen atoms in total. The number of nitrogens with one attached hydrogen (secondary N) is 1. The number of nitrogens with zero attached hydrogens (tertiary/aromatic N) is 1. The number of halogens is 2. The van der Waals surface area contributed by atoms with Crippen LogP contribution in [0.4, 0.5) is 4.39 Å². The number of hydrogen-bond acceptors (Lipinski definition) is 2. The van der Waals surface area contributed by atoms with Crippen molar-refractivity contribution in [2.24, 2.45) is 0 Å². The van der Waals surface area contributed by atoms with Crippen LogP contribution in [0.3, 0.4) is 0 Å². The first-order valence-electron chi connectivity index (χ1n) is 7.52. The van der Waals surface area contributed by atoms with E-state index in [0.717, 1.165) is 11.1 Å². The van der Waals surface area contributed by atoms with Gasteiger partial charge in [0, 0.05) is 18.6 Å². The third kappa shape index (κ3) is 3.12. The molecular weight excluding hydrogens is 331 g/mol. The van der Waals surface area contributed by atoms with Crippen LogP contribution < -0.4 is 5.32 Å². The Labute approximate surface area is 144 Å². The standard InChI is InChI=1S/C18H16ClFN2O2/c1-22-16(23)8-11-4-2-3-5-14(11)17(22)18(24)21-10-12-6-7-13(20)9-15(12)19/h2-7,9,17H,8,10H2,1H3,(H,21,24)/t17-/m1/s1. The van der Waals surface area contributed by atoms with E-state index >= 15 is 0 Å². The molecule has 0 aromatic heterocycles. The van der Waals surface area contributed by atoms with E-state index in [4.69, 9.17) is 11.6 Å². The van der Waals surface area contributed by atoms with Crippen molar-refractivity contribution in [1.82, 2.24) is 10.2 Å². The summed E-state index contributed by atoms with van der Waals surface area (Å²) in [4.78, 5) is 26.2. The Kier molecular flexibility index (Phi) is 4.53. The molecule has 1 aliphatic heterocycles. The SMILES string of the molecule is CN1C(=O)Cc2ccccc2[C@@H]1C(=O)NCc1ccc(F)cc1Cl. The predicted octanol–water partition coefficient (Wildman–Crippen LogP) is 2.85. The van der Waals surface area contributed by atoms with E-state index in [1.165, 1.54) is 23.1 Å². The molecule has 0 spiro atoms. The Morgan fingerprint density at radius 3 is 2.83 bits per heavy atom. The van der Waals surface area contributed by atoms with Crippen LogP contribution in [-0.2, 0) is 22.6 Å². The average Bonchev–Trinajstić information content (AvgIpc) is 2.55. The highest BCUT2D eigenvalue weighted by molar-refractivity contribution is 6.31. The Morgan fingerprint density at radius 2 is 2.08 bits per heavy atom. The van der Waals surface area contributed by atoms with Gasteiger partial charge in [-0.05, 0) is 28.8 Å². The van der Waals surface area contributed by atoms with Crippen LogP contribution in [0.1, 0.15) is 22.7 Å². The lowest BCUT2D eigenvalue weighted by Gasteiger charge is -2.33. The average molecular weight is 347 g/mol. The molecule has 2 aromatic rings. The summed E-state index contributed by atoms with van der Waals surface area (Å²) < 4.78 is 13.1. The molecule has 0 aliphatic carbocycles. The van der Waals surface area contributed by atoms with Crippen molar-refractivity contribution in [3.63, 3.8) is 0 Å². The minimum absolute atomic E-state index is 0.103. The van der Waals surface area contributed by atoms with Gasteiger partial charge in [0.2, 0.25) is 11.8 Å². The maximum absolute atomic E-state index is 13.1. The topological polar surface area (TPSA) is 49.4 Å². The second kappa shape index (κ2) is 6.61. The number of carbonyl (C=O) groups excluding carboxylic acids is 2. The summed E-state index contributed by atoms with van der Waals surface area (Å²) in [5.41, 5.74) is 2.30. The molecule has 2 amide bonds. The van der Waals surface area contributed by atoms with Crippen molar-refractivity contribution in [1.29, 1.82) is 0 Å². The zero-order valence-electron chi connectivity index (χ0n) is 13.1. The van der Waals surface area contributed by atoms with Gasteiger partial charge in [0.1, 0.15) is 11.9 Å². The molecule has 0 radical (unpaired) electrons. The molecule has 3 rings (SSSR count). The van der Waals surface area contributed by atoms with Gasteiger partial charge in [0.15, 0.2) is 0 Å². The molecule has 1 atom stereocenters. The zero-order chi connectivity index (χ0) is 17.3. The van der Waals surface area contributed by atoms with Crippen molar-refractivity contribution in [3.05, 3.63) is 70.0 Å². The number of rotatable bonds is 3. The second-order valence-electron chi connectivity index (χ2n) is 5.74. The largest absolute Gasteiger partial charge is 0.350 e. The first kappa shape index (κ1) is 16.5. The maximum Gasteiger partial charge on any atom is 0.247 e. The van der Waals surface area contributed by atoms with Crippen LogP contribution in [0.2, 0.25) is 5.02 Å². The van der Waals surface area contributed by atoms with Crippen LogP contribution in [-0.4, -0.2) is 23.8 Å². The maximum atomic E-state index is 13.1. The van der Waals surface area contributed by atoms with Crippen molar-refractivity contribution in [2.45, 2.75) is 19.0 Å². The first-order chi connectivity index (χ1) is 11.5. The van der Waals surface area contributed by atoms with Gasteiger partial charge in [-0.3, -0.25) is 9.59 Å². The lowest BCUT2D eigenvalue weighted by molar-refractivity contribution is -0.140. The van der Waals surface area contributed by atoms with E-state index in [0.29, 0.717) is 12.0 Å².